The smallest absolute Gasteiger partial charge is 0.271 e. The van der Waals surface area contributed by atoms with Crippen molar-refractivity contribution in [2.45, 2.75) is 18.1 Å². The fraction of sp³-hybridized carbons (Fsp3) is 0.133. The molecule has 0 saturated carbocycles. The maximum absolute atomic E-state index is 12.5. The van der Waals surface area contributed by atoms with Crippen molar-refractivity contribution in [2.75, 3.05) is 7.11 Å². The van der Waals surface area contributed by atoms with Gasteiger partial charge in [0, 0.05) is 27.7 Å². The van der Waals surface area contributed by atoms with Crippen LogP contribution in [0.1, 0.15) is 32.6 Å². The molecule has 0 fully saturated rings. The van der Waals surface area contributed by atoms with Crippen LogP contribution in [-0.2, 0) is 18.1 Å². The van der Waals surface area contributed by atoms with Crippen molar-refractivity contribution in [3.8, 4) is 11.5 Å². The maximum atomic E-state index is 12.5. The summed E-state index contributed by atoms with van der Waals surface area (Å²) in [6, 6.07) is 29.1. The second-order valence-electron chi connectivity index (χ2n) is 8.29. The van der Waals surface area contributed by atoms with Crippen molar-refractivity contribution in [1.29, 1.82) is 0 Å². The number of hydrogen-bond donors (Lipinski definition) is 1. The normalized spacial score (nSPS) is 10.9. The molecule has 4 aromatic rings. The van der Waals surface area contributed by atoms with Crippen LogP contribution in [0.15, 0.2) is 101 Å². The van der Waals surface area contributed by atoms with E-state index in [0.717, 1.165) is 22.6 Å². The molecule has 0 aliphatic rings. The van der Waals surface area contributed by atoms with Crippen molar-refractivity contribution in [2.24, 2.45) is 5.10 Å². The Labute approximate surface area is 240 Å². The van der Waals surface area contributed by atoms with Crippen LogP contribution < -0.4 is 14.9 Å². The molecule has 0 atom stereocenters. The zero-order valence-electron chi connectivity index (χ0n) is 20.7. The Bertz CT molecular complexity index is 1400. The van der Waals surface area contributed by atoms with Crippen LogP contribution in [0, 0.1) is 0 Å². The summed E-state index contributed by atoms with van der Waals surface area (Å²) in [7, 11) is 1.57. The Kier molecular flexibility index (Phi) is 10.3. The molecule has 4 rings (SSSR count). The van der Waals surface area contributed by atoms with Gasteiger partial charge in [-0.25, -0.2) is 5.43 Å². The van der Waals surface area contributed by atoms with E-state index >= 15 is 0 Å². The molecule has 0 aliphatic carbocycles. The molecule has 0 spiro atoms. The second kappa shape index (κ2) is 14.0. The van der Waals surface area contributed by atoms with E-state index in [1.165, 1.54) is 11.1 Å². The molecule has 38 heavy (non-hydrogen) atoms. The van der Waals surface area contributed by atoms with Gasteiger partial charge in [-0.15, -0.1) is 0 Å². The predicted octanol–water partition coefficient (Wildman–Crippen LogP) is 7.89. The number of halogens is 2. The first-order valence-electron chi connectivity index (χ1n) is 11.8. The number of hydrazone groups is 1. The number of hydrogen-bond acceptors (Lipinski definition) is 5. The molecule has 0 unspecified atom stereocenters. The number of amides is 1. The fourth-order valence-electron chi connectivity index (χ4n) is 3.56. The average molecular weight is 610 g/mol. The van der Waals surface area contributed by atoms with E-state index in [0.29, 0.717) is 33.2 Å². The molecule has 194 valence electrons. The number of thioether (sulfide) groups is 1. The third-order valence-electron chi connectivity index (χ3n) is 5.56. The van der Waals surface area contributed by atoms with Crippen LogP contribution in [0.3, 0.4) is 0 Å². The highest BCUT2D eigenvalue weighted by atomic mass is 79.9. The summed E-state index contributed by atoms with van der Waals surface area (Å²) in [5, 5.41) is 4.75. The number of nitrogens with zero attached hydrogens (tertiary/aromatic N) is 1. The third kappa shape index (κ3) is 7.87. The van der Waals surface area contributed by atoms with E-state index in [9.17, 15) is 4.79 Å². The molecular weight excluding hydrogens is 584 g/mol. The van der Waals surface area contributed by atoms with Gasteiger partial charge in [0.1, 0.15) is 6.61 Å². The molecule has 1 amide bonds. The monoisotopic (exact) mass is 608 g/mol. The number of carbonyl (C=O) groups excluding carboxylic acids is 1. The van der Waals surface area contributed by atoms with E-state index in [4.69, 9.17) is 21.1 Å². The van der Waals surface area contributed by atoms with Gasteiger partial charge in [0.25, 0.3) is 5.91 Å². The van der Waals surface area contributed by atoms with Crippen molar-refractivity contribution >= 4 is 51.4 Å². The SMILES string of the molecule is COc1cc(/C=N\NC(=O)c2ccc(CSCc3ccccc3)cc2)cc(Br)c1OCc1ccccc1Cl. The van der Waals surface area contributed by atoms with Gasteiger partial charge in [-0.3, -0.25) is 4.79 Å². The lowest BCUT2D eigenvalue weighted by atomic mass is 10.1. The van der Waals surface area contributed by atoms with Crippen LogP contribution in [-0.4, -0.2) is 19.2 Å². The minimum absolute atomic E-state index is 0.282. The summed E-state index contributed by atoms with van der Waals surface area (Å²) in [6.45, 7) is 0.294. The minimum Gasteiger partial charge on any atom is -0.493 e. The highest BCUT2D eigenvalue weighted by Gasteiger charge is 2.13. The highest BCUT2D eigenvalue weighted by Crippen LogP contribution is 2.37. The van der Waals surface area contributed by atoms with Gasteiger partial charge in [0.05, 0.1) is 17.8 Å². The largest absolute Gasteiger partial charge is 0.493 e. The molecule has 0 heterocycles. The molecule has 0 bridgehead atoms. The Morgan fingerprint density at radius 3 is 2.37 bits per heavy atom. The molecule has 5 nitrogen and oxygen atoms in total. The first-order chi connectivity index (χ1) is 18.5. The van der Waals surface area contributed by atoms with Crippen LogP contribution in [0.25, 0.3) is 0 Å². The van der Waals surface area contributed by atoms with Crippen molar-refractivity contribution in [3.05, 3.63) is 128 Å². The summed E-state index contributed by atoms with van der Waals surface area (Å²) in [6.07, 6.45) is 1.55. The Hall–Kier alpha value is -3.26. The van der Waals surface area contributed by atoms with Crippen LogP contribution >= 0.6 is 39.3 Å². The standard InChI is InChI=1S/C30H26BrClN2O3S/c1-36-28-16-23(15-26(31)29(28)37-18-25-9-5-6-10-27(25)32)17-33-34-30(35)24-13-11-22(12-14-24)20-38-19-21-7-3-2-4-8-21/h2-17H,18-20H2,1H3,(H,34,35)/b33-17-. The summed E-state index contributed by atoms with van der Waals surface area (Å²) in [4.78, 5) is 12.5. The van der Waals surface area contributed by atoms with Gasteiger partial charge < -0.3 is 9.47 Å². The molecule has 0 saturated heterocycles. The Balaban J connectivity index is 1.31. The number of ether oxygens (including phenoxy) is 2. The van der Waals surface area contributed by atoms with Crippen LogP contribution in [0.5, 0.6) is 11.5 Å². The van der Waals surface area contributed by atoms with Gasteiger partial charge in [0.2, 0.25) is 0 Å². The number of nitrogens with one attached hydrogen (secondary N) is 1. The van der Waals surface area contributed by atoms with E-state index in [1.54, 1.807) is 19.4 Å². The van der Waals surface area contributed by atoms with Gasteiger partial charge in [-0.1, -0.05) is 72.3 Å². The molecule has 8 heteroatoms. The molecule has 0 aliphatic heterocycles. The molecule has 4 aromatic carbocycles. The Morgan fingerprint density at radius 1 is 0.974 bits per heavy atom. The number of rotatable bonds is 11. The predicted molar refractivity (Wildman–Crippen MR) is 159 cm³/mol. The van der Waals surface area contributed by atoms with Crippen molar-refractivity contribution < 1.29 is 14.3 Å². The lowest BCUT2D eigenvalue weighted by Gasteiger charge is -2.14. The third-order valence-corrected chi connectivity index (χ3v) is 7.59. The lowest BCUT2D eigenvalue weighted by Crippen LogP contribution is -2.17. The lowest BCUT2D eigenvalue weighted by molar-refractivity contribution is 0.0955. The molecule has 0 radical (unpaired) electrons. The molecule has 1 N–H and O–H groups in total. The quantitative estimate of drug-likeness (QED) is 0.139. The summed E-state index contributed by atoms with van der Waals surface area (Å²) in [5.74, 6) is 2.63. The van der Waals surface area contributed by atoms with Gasteiger partial charge >= 0.3 is 0 Å². The van der Waals surface area contributed by atoms with Crippen LogP contribution in [0.4, 0.5) is 0 Å². The zero-order valence-corrected chi connectivity index (χ0v) is 23.9. The molecular formula is C30H26BrClN2O3S. The second-order valence-corrected chi connectivity index (χ2v) is 10.5. The maximum Gasteiger partial charge on any atom is 0.271 e. The van der Waals surface area contributed by atoms with E-state index in [1.807, 2.05) is 72.4 Å². The van der Waals surface area contributed by atoms with Crippen molar-refractivity contribution in [3.63, 3.8) is 0 Å². The van der Waals surface area contributed by atoms with Crippen molar-refractivity contribution in [1.82, 2.24) is 5.43 Å². The Morgan fingerprint density at radius 2 is 1.66 bits per heavy atom. The number of carbonyl (C=O) groups is 1. The average Bonchev–Trinajstić information content (AvgIpc) is 2.94. The molecule has 0 aromatic heterocycles. The topological polar surface area (TPSA) is 59.9 Å². The van der Waals surface area contributed by atoms with E-state index < -0.39 is 0 Å². The minimum atomic E-state index is -0.282. The van der Waals surface area contributed by atoms with Gasteiger partial charge in [-0.2, -0.15) is 16.9 Å². The zero-order chi connectivity index (χ0) is 26.7. The summed E-state index contributed by atoms with van der Waals surface area (Å²) in [5.41, 5.74) is 7.19. The number of methoxy groups -OCH3 is 1. The summed E-state index contributed by atoms with van der Waals surface area (Å²) >= 11 is 11.6. The first kappa shape index (κ1) is 27.8. The highest BCUT2D eigenvalue weighted by molar-refractivity contribution is 9.10. The summed E-state index contributed by atoms with van der Waals surface area (Å²) < 4.78 is 12.2. The fourth-order valence-corrected chi connectivity index (χ4v) is 5.29. The van der Waals surface area contributed by atoms with E-state index in [-0.39, 0.29) is 5.91 Å². The van der Waals surface area contributed by atoms with Crippen LogP contribution in [0.2, 0.25) is 5.02 Å². The van der Waals surface area contributed by atoms with Gasteiger partial charge in [-0.05, 0) is 63.0 Å². The first-order valence-corrected chi connectivity index (χ1v) is 14.1. The van der Waals surface area contributed by atoms with E-state index in [2.05, 4.69) is 50.7 Å². The van der Waals surface area contributed by atoms with Gasteiger partial charge in [0.15, 0.2) is 11.5 Å². The number of benzene rings is 4.